The van der Waals surface area contributed by atoms with Crippen molar-refractivity contribution in [3.63, 3.8) is 0 Å². The Kier molecular flexibility index (Phi) is 4.28. The number of nitrogens with zero attached hydrogens (tertiary/aromatic N) is 4. The summed E-state index contributed by atoms with van der Waals surface area (Å²) < 4.78 is 7.55. The summed E-state index contributed by atoms with van der Waals surface area (Å²) in [5.41, 5.74) is 2.17. The third kappa shape index (κ3) is 3.18. The first-order valence-electron chi connectivity index (χ1n) is 7.87. The average molecular weight is 358 g/mol. The molecule has 3 aromatic rings. The highest BCUT2D eigenvalue weighted by Gasteiger charge is 2.28. The minimum atomic E-state index is 0.602. The van der Waals surface area contributed by atoms with Crippen molar-refractivity contribution in [1.29, 1.82) is 0 Å². The van der Waals surface area contributed by atoms with Crippen molar-refractivity contribution in [3.05, 3.63) is 41.2 Å². The second-order valence-electron chi connectivity index (χ2n) is 5.80. The van der Waals surface area contributed by atoms with Gasteiger partial charge in [-0.1, -0.05) is 23.9 Å². The summed E-state index contributed by atoms with van der Waals surface area (Å²) in [6.07, 6.45) is 2.48. The van der Waals surface area contributed by atoms with Gasteiger partial charge in [-0.05, 0) is 31.9 Å². The lowest BCUT2D eigenvalue weighted by molar-refractivity contribution is 0.415. The Hall–Kier alpha value is -1.86. The van der Waals surface area contributed by atoms with Crippen molar-refractivity contribution in [2.75, 3.05) is 7.11 Å². The summed E-state index contributed by atoms with van der Waals surface area (Å²) in [5, 5.41) is 12.7. The van der Waals surface area contributed by atoms with E-state index in [1.807, 2.05) is 25.1 Å². The van der Waals surface area contributed by atoms with Crippen LogP contribution in [0.25, 0.3) is 10.6 Å². The van der Waals surface area contributed by atoms with E-state index < -0.39 is 0 Å². The quantitative estimate of drug-likeness (QED) is 0.613. The fourth-order valence-corrected chi connectivity index (χ4v) is 4.47. The molecule has 0 spiro atoms. The fraction of sp³-hybridized carbons (Fsp3) is 0.353. The first-order valence-corrected chi connectivity index (χ1v) is 9.74. The average Bonchev–Trinajstić information content (AvgIpc) is 3.21. The number of hydrogen-bond donors (Lipinski definition) is 0. The van der Waals surface area contributed by atoms with Crippen LogP contribution < -0.4 is 4.74 Å². The summed E-state index contributed by atoms with van der Waals surface area (Å²) in [5.74, 6) is 2.67. The standard InChI is InChI=1S/C17H18N4OS2/c1-11-19-20-17(21(11)14-6-7-14)24-10-13-9-23-16(18-13)12-4-3-5-15(8-12)22-2/h3-5,8-9,14H,6-7,10H2,1-2H3. The molecule has 0 amide bonds. The van der Waals surface area contributed by atoms with Gasteiger partial charge in [0.25, 0.3) is 0 Å². The van der Waals surface area contributed by atoms with Gasteiger partial charge in [0.05, 0.1) is 12.8 Å². The van der Waals surface area contributed by atoms with Gasteiger partial charge in [0.1, 0.15) is 16.6 Å². The first-order chi connectivity index (χ1) is 11.7. The smallest absolute Gasteiger partial charge is 0.191 e. The van der Waals surface area contributed by atoms with Crippen LogP contribution in [-0.4, -0.2) is 26.9 Å². The molecule has 5 nitrogen and oxygen atoms in total. The van der Waals surface area contributed by atoms with Gasteiger partial charge in [0, 0.05) is 22.7 Å². The fourth-order valence-electron chi connectivity index (χ4n) is 2.60. The van der Waals surface area contributed by atoms with Crippen molar-refractivity contribution in [2.24, 2.45) is 0 Å². The molecule has 124 valence electrons. The Labute approximate surface area is 149 Å². The molecule has 0 radical (unpaired) electrons. The van der Waals surface area contributed by atoms with E-state index >= 15 is 0 Å². The molecular formula is C17H18N4OS2. The molecule has 0 saturated heterocycles. The van der Waals surface area contributed by atoms with Gasteiger partial charge in [-0.25, -0.2) is 4.98 Å². The van der Waals surface area contributed by atoms with Crippen molar-refractivity contribution >= 4 is 23.1 Å². The third-order valence-electron chi connectivity index (χ3n) is 3.96. The molecular weight excluding hydrogens is 340 g/mol. The number of thiazole rings is 1. The molecule has 4 rings (SSSR count). The van der Waals surface area contributed by atoms with Crippen LogP contribution in [0.4, 0.5) is 0 Å². The molecule has 0 unspecified atom stereocenters. The maximum atomic E-state index is 5.29. The number of benzene rings is 1. The Balaban J connectivity index is 1.47. The number of rotatable bonds is 6. The van der Waals surface area contributed by atoms with Crippen molar-refractivity contribution < 1.29 is 4.74 Å². The SMILES string of the molecule is COc1cccc(-c2nc(CSc3nnc(C)n3C3CC3)cs2)c1. The van der Waals surface area contributed by atoms with Gasteiger partial charge in [-0.3, -0.25) is 0 Å². The molecule has 1 saturated carbocycles. The normalized spacial score (nSPS) is 14.1. The lowest BCUT2D eigenvalue weighted by Crippen LogP contribution is -1.99. The van der Waals surface area contributed by atoms with Crippen LogP contribution in [0.1, 0.15) is 30.4 Å². The number of thioether (sulfide) groups is 1. The van der Waals surface area contributed by atoms with E-state index in [0.717, 1.165) is 38.7 Å². The largest absolute Gasteiger partial charge is 0.497 e. The molecule has 2 heterocycles. The van der Waals surface area contributed by atoms with Crippen molar-refractivity contribution in [2.45, 2.75) is 36.7 Å². The van der Waals surface area contributed by atoms with Crippen LogP contribution in [0.3, 0.4) is 0 Å². The predicted molar refractivity (Wildman–Crippen MR) is 96.7 cm³/mol. The number of aryl methyl sites for hydroxylation is 1. The van der Waals surface area contributed by atoms with Gasteiger partial charge in [0.2, 0.25) is 0 Å². The predicted octanol–water partition coefficient (Wildman–Crippen LogP) is 4.35. The Morgan fingerprint density at radius 3 is 3.00 bits per heavy atom. The second-order valence-corrected chi connectivity index (χ2v) is 7.60. The number of methoxy groups -OCH3 is 1. The summed E-state index contributed by atoms with van der Waals surface area (Å²) >= 11 is 3.38. The lowest BCUT2D eigenvalue weighted by Gasteiger charge is -2.05. The highest BCUT2D eigenvalue weighted by atomic mass is 32.2. The minimum Gasteiger partial charge on any atom is -0.497 e. The van der Waals surface area contributed by atoms with E-state index in [-0.39, 0.29) is 0 Å². The zero-order valence-corrected chi connectivity index (χ0v) is 15.2. The van der Waals surface area contributed by atoms with Crippen LogP contribution >= 0.6 is 23.1 Å². The van der Waals surface area contributed by atoms with Crippen molar-refractivity contribution in [1.82, 2.24) is 19.7 Å². The molecule has 1 aliphatic carbocycles. The van der Waals surface area contributed by atoms with E-state index in [9.17, 15) is 0 Å². The third-order valence-corrected chi connectivity index (χ3v) is 5.88. The Bertz CT molecular complexity index is 854. The van der Waals surface area contributed by atoms with Crippen LogP contribution in [0.15, 0.2) is 34.8 Å². The number of aromatic nitrogens is 4. The molecule has 0 atom stereocenters. The van der Waals surface area contributed by atoms with Crippen LogP contribution in [-0.2, 0) is 5.75 Å². The van der Waals surface area contributed by atoms with E-state index in [1.54, 1.807) is 30.2 Å². The van der Waals surface area contributed by atoms with E-state index in [4.69, 9.17) is 9.72 Å². The molecule has 24 heavy (non-hydrogen) atoms. The molecule has 0 aliphatic heterocycles. The molecule has 0 bridgehead atoms. The summed E-state index contributed by atoms with van der Waals surface area (Å²) in [6, 6.07) is 8.62. The molecule has 1 aliphatic rings. The molecule has 0 N–H and O–H groups in total. The zero-order valence-electron chi connectivity index (χ0n) is 13.6. The molecule has 1 aromatic carbocycles. The van der Waals surface area contributed by atoms with E-state index in [1.165, 1.54) is 12.8 Å². The highest BCUT2D eigenvalue weighted by Crippen LogP contribution is 2.39. The van der Waals surface area contributed by atoms with Gasteiger partial charge in [0.15, 0.2) is 5.16 Å². The summed E-state index contributed by atoms with van der Waals surface area (Å²) in [7, 11) is 1.68. The van der Waals surface area contributed by atoms with Crippen LogP contribution in [0.5, 0.6) is 5.75 Å². The maximum Gasteiger partial charge on any atom is 0.191 e. The highest BCUT2D eigenvalue weighted by molar-refractivity contribution is 7.98. The monoisotopic (exact) mass is 358 g/mol. The van der Waals surface area contributed by atoms with Gasteiger partial charge >= 0.3 is 0 Å². The van der Waals surface area contributed by atoms with E-state index in [2.05, 4.69) is 26.2 Å². The summed E-state index contributed by atoms with van der Waals surface area (Å²) in [4.78, 5) is 4.75. The number of hydrogen-bond acceptors (Lipinski definition) is 6. The zero-order chi connectivity index (χ0) is 16.5. The van der Waals surface area contributed by atoms with E-state index in [0.29, 0.717) is 6.04 Å². The topological polar surface area (TPSA) is 52.8 Å². The molecule has 7 heteroatoms. The number of ether oxygens (including phenoxy) is 1. The maximum absolute atomic E-state index is 5.29. The Morgan fingerprint density at radius 2 is 2.21 bits per heavy atom. The van der Waals surface area contributed by atoms with Gasteiger partial charge in [-0.15, -0.1) is 21.5 Å². The van der Waals surface area contributed by atoms with Crippen LogP contribution in [0.2, 0.25) is 0 Å². The second kappa shape index (κ2) is 6.57. The molecule has 1 fully saturated rings. The lowest BCUT2D eigenvalue weighted by atomic mass is 10.2. The van der Waals surface area contributed by atoms with Gasteiger partial charge in [-0.2, -0.15) is 0 Å². The van der Waals surface area contributed by atoms with Crippen LogP contribution in [0, 0.1) is 6.92 Å². The minimum absolute atomic E-state index is 0.602. The first kappa shape index (κ1) is 15.7. The Morgan fingerprint density at radius 1 is 1.33 bits per heavy atom. The molecule has 2 aromatic heterocycles. The van der Waals surface area contributed by atoms with Crippen molar-refractivity contribution in [3.8, 4) is 16.3 Å². The van der Waals surface area contributed by atoms with Gasteiger partial charge < -0.3 is 9.30 Å². The summed E-state index contributed by atoms with van der Waals surface area (Å²) in [6.45, 7) is 2.03.